The lowest BCUT2D eigenvalue weighted by Crippen LogP contribution is -2.24. The molecule has 0 bridgehead atoms. The average molecular weight is 266 g/mol. The van der Waals surface area contributed by atoms with Crippen LogP contribution in [-0.2, 0) is 0 Å². The molecule has 0 radical (unpaired) electrons. The second-order valence-electron chi connectivity index (χ2n) is 4.49. The molecule has 0 aliphatic rings. The Balaban J connectivity index is 2.45. The molecule has 6 nitrogen and oxygen atoms in total. The smallest absolute Gasteiger partial charge is 0.270 e. The van der Waals surface area contributed by atoms with Crippen molar-refractivity contribution in [2.24, 2.45) is 5.92 Å². The van der Waals surface area contributed by atoms with Crippen molar-refractivity contribution in [3.05, 3.63) is 39.9 Å². The van der Waals surface area contributed by atoms with Gasteiger partial charge in [0.2, 0.25) is 0 Å². The molecule has 1 rings (SSSR count). The maximum Gasteiger partial charge on any atom is 0.270 e. The lowest BCUT2D eigenvalue weighted by molar-refractivity contribution is -0.384. The minimum Gasteiger partial charge on any atom is -0.396 e. The summed E-state index contributed by atoms with van der Waals surface area (Å²) in [7, 11) is 0. The van der Waals surface area contributed by atoms with E-state index in [1.165, 1.54) is 18.2 Å². The van der Waals surface area contributed by atoms with Crippen LogP contribution in [0.1, 0.15) is 30.1 Å². The van der Waals surface area contributed by atoms with Crippen LogP contribution in [0.15, 0.2) is 24.3 Å². The molecule has 0 saturated carbocycles. The molecule has 0 aliphatic carbocycles. The molecule has 6 heteroatoms. The highest BCUT2D eigenvalue weighted by atomic mass is 16.6. The zero-order valence-electron chi connectivity index (χ0n) is 10.8. The number of hydrogen-bond donors (Lipinski definition) is 2. The second-order valence-corrected chi connectivity index (χ2v) is 4.49. The number of nitro groups is 1. The van der Waals surface area contributed by atoms with E-state index in [0.717, 1.165) is 12.8 Å². The fourth-order valence-corrected chi connectivity index (χ4v) is 1.61. The Morgan fingerprint density at radius 1 is 1.53 bits per heavy atom. The Bertz CT molecular complexity index is 448. The second kappa shape index (κ2) is 7.48. The van der Waals surface area contributed by atoms with E-state index in [0.29, 0.717) is 6.54 Å². The van der Waals surface area contributed by atoms with E-state index in [-0.39, 0.29) is 29.7 Å². The highest BCUT2D eigenvalue weighted by Crippen LogP contribution is 2.13. The summed E-state index contributed by atoms with van der Waals surface area (Å²) >= 11 is 0. The van der Waals surface area contributed by atoms with Gasteiger partial charge in [0.25, 0.3) is 11.6 Å². The summed E-state index contributed by atoms with van der Waals surface area (Å²) in [6.07, 6.45) is 1.59. The van der Waals surface area contributed by atoms with E-state index >= 15 is 0 Å². The third-order valence-electron chi connectivity index (χ3n) is 2.79. The van der Waals surface area contributed by atoms with E-state index < -0.39 is 4.92 Å². The molecular formula is C13H18N2O4. The number of rotatable bonds is 7. The molecule has 1 atom stereocenters. The molecule has 0 aromatic heterocycles. The molecule has 104 valence electrons. The van der Waals surface area contributed by atoms with Crippen LogP contribution in [0.2, 0.25) is 0 Å². The number of non-ortho nitro benzene ring substituents is 1. The third kappa shape index (κ3) is 5.05. The van der Waals surface area contributed by atoms with Crippen molar-refractivity contribution in [2.45, 2.75) is 19.8 Å². The molecule has 1 amide bonds. The predicted octanol–water partition coefficient (Wildman–Crippen LogP) is 1.73. The first-order valence-corrected chi connectivity index (χ1v) is 6.18. The summed E-state index contributed by atoms with van der Waals surface area (Å²) in [6.45, 7) is 2.56. The van der Waals surface area contributed by atoms with Gasteiger partial charge in [0, 0.05) is 30.8 Å². The first-order chi connectivity index (χ1) is 9.04. The summed E-state index contributed by atoms with van der Waals surface area (Å²) in [5.41, 5.74) is 0.186. The number of carbonyl (C=O) groups is 1. The summed E-state index contributed by atoms with van der Waals surface area (Å²) in [4.78, 5) is 21.8. The number of nitro benzene ring substituents is 1. The number of nitrogens with zero attached hydrogens (tertiary/aromatic N) is 1. The summed E-state index contributed by atoms with van der Waals surface area (Å²) in [5.74, 6) is -0.102. The lowest BCUT2D eigenvalue weighted by Gasteiger charge is -2.08. The molecular weight excluding hydrogens is 248 g/mol. The molecule has 2 N–H and O–H groups in total. The predicted molar refractivity (Wildman–Crippen MR) is 70.9 cm³/mol. The number of carbonyl (C=O) groups excluding carboxylic acids is 1. The first-order valence-electron chi connectivity index (χ1n) is 6.18. The monoisotopic (exact) mass is 266 g/mol. The number of amides is 1. The summed E-state index contributed by atoms with van der Waals surface area (Å²) in [6, 6.07) is 5.63. The van der Waals surface area contributed by atoms with Gasteiger partial charge in [0.1, 0.15) is 0 Å². The molecule has 0 heterocycles. The molecule has 19 heavy (non-hydrogen) atoms. The highest BCUT2D eigenvalue weighted by Gasteiger charge is 2.10. The van der Waals surface area contributed by atoms with Gasteiger partial charge in [-0.1, -0.05) is 13.0 Å². The lowest BCUT2D eigenvalue weighted by atomic mass is 10.1. The van der Waals surface area contributed by atoms with Gasteiger partial charge < -0.3 is 10.4 Å². The Morgan fingerprint density at radius 3 is 2.89 bits per heavy atom. The Labute approximate surface area is 111 Å². The molecule has 0 spiro atoms. The van der Waals surface area contributed by atoms with Gasteiger partial charge in [0.15, 0.2) is 0 Å². The maximum atomic E-state index is 11.8. The quantitative estimate of drug-likeness (QED) is 0.446. The van der Waals surface area contributed by atoms with Crippen molar-refractivity contribution in [2.75, 3.05) is 13.2 Å². The maximum absolute atomic E-state index is 11.8. The van der Waals surface area contributed by atoms with Gasteiger partial charge in [-0.3, -0.25) is 14.9 Å². The molecule has 0 fully saturated rings. The summed E-state index contributed by atoms with van der Waals surface area (Å²) in [5, 5.41) is 22.1. The van der Waals surface area contributed by atoms with Crippen LogP contribution in [0.3, 0.4) is 0 Å². The van der Waals surface area contributed by atoms with Crippen molar-refractivity contribution in [1.82, 2.24) is 5.32 Å². The number of hydrogen-bond acceptors (Lipinski definition) is 4. The Hall–Kier alpha value is -1.95. The highest BCUT2D eigenvalue weighted by molar-refractivity contribution is 5.94. The molecule has 1 unspecified atom stereocenters. The standard InChI is InChI=1S/C13H18N2O4/c1-10(9-16)4-3-7-14-13(17)11-5-2-6-12(8-11)15(18)19/h2,5-6,8,10,16H,3-4,7,9H2,1H3,(H,14,17). The molecule has 0 aliphatic heterocycles. The number of aliphatic hydroxyl groups excluding tert-OH is 1. The normalized spacial score (nSPS) is 11.9. The van der Waals surface area contributed by atoms with Crippen LogP contribution in [-0.4, -0.2) is 29.1 Å². The van der Waals surface area contributed by atoms with Crippen molar-refractivity contribution in [3.8, 4) is 0 Å². The van der Waals surface area contributed by atoms with E-state index in [1.54, 1.807) is 6.07 Å². The van der Waals surface area contributed by atoms with Crippen LogP contribution in [0.4, 0.5) is 5.69 Å². The largest absolute Gasteiger partial charge is 0.396 e. The van der Waals surface area contributed by atoms with Crippen LogP contribution in [0.5, 0.6) is 0 Å². The number of nitrogens with one attached hydrogen (secondary N) is 1. The Kier molecular flexibility index (Phi) is 5.95. The Morgan fingerprint density at radius 2 is 2.26 bits per heavy atom. The van der Waals surface area contributed by atoms with E-state index in [2.05, 4.69) is 5.32 Å². The van der Waals surface area contributed by atoms with Crippen molar-refractivity contribution < 1.29 is 14.8 Å². The van der Waals surface area contributed by atoms with Crippen molar-refractivity contribution in [3.63, 3.8) is 0 Å². The van der Waals surface area contributed by atoms with Gasteiger partial charge in [0.05, 0.1) is 4.92 Å². The molecule has 1 aromatic carbocycles. The summed E-state index contributed by atoms with van der Waals surface area (Å²) < 4.78 is 0. The third-order valence-corrected chi connectivity index (χ3v) is 2.79. The number of benzene rings is 1. The first kappa shape index (κ1) is 15.1. The zero-order chi connectivity index (χ0) is 14.3. The van der Waals surface area contributed by atoms with Crippen molar-refractivity contribution in [1.29, 1.82) is 0 Å². The molecule has 0 saturated heterocycles. The van der Waals surface area contributed by atoms with Gasteiger partial charge in [-0.15, -0.1) is 0 Å². The van der Waals surface area contributed by atoms with Gasteiger partial charge in [-0.25, -0.2) is 0 Å². The topological polar surface area (TPSA) is 92.5 Å². The molecule has 1 aromatic rings. The van der Waals surface area contributed by atoms with Gasteiger partial charge in [-0.05, 0) is 24.8 Å². The van der Waals surface area contributed by atoms with Gasteiger partial charge in [-0.2, -0.15) is 0 Å². The van der Waals surface area contributed by atoms with E-state index in [1.807, 2.05) is 6.92 Å². The van der Waals surface area contributed by atoms with Crippen LogP contribution < -0.4 is 5.32 Å². The SMILES string of the molecule is CC(CO)CCCNC(=O)c1cccc([N+](=O)[O-])c1. The zero-order valence-corrected chi connectivity index (χ0v) is 10.8. The van der Waals surface area contributed by atoms with Crippen LogP contribution in [0, 0.1) is 16.0 Å². The van der Waals surface area contributed by atoms with Crippen LogP contribution >= 0.6 is 0 Å². The van der Waals surface area contributed by atoms with Crippen molar-refractivity contribution >= 4 is 11.6 Å². The van der Waals surface area contributed by atoms with Crippen LogP contribution in [0.25, 0.3) is 0 Å². The number of aliphatic hydroxyl groups is 1. The average Bonchev–Trinajstić information content (AvgIpc) is 2.43. The van der Waals surface area contributed by atoms with E-state index in [4.69, 9.17) is 5.11 Å². The minimum absolute atomic E-state index is 0.0958. The fraction of sp³-hybridized carbons (Fsp3) is 0.462. The van der Waals surface area contributed by atoms with E-state index in [9.17, 15) is 14.9 Å². The fourth-order valence-electron chi connectivity index (χ4n) is 1.61. The minimum atomic E-state index is -0.528. The van der Waals surface area contributed by atoms with Gasteiger partial charge >= 0.3 is 0 Å².